The molecule has 2 rings (SSSR count). The number of hydrogen-bond acceptors (Lipinski definition) is 3. The van der Waals surface area contributed by atoms with Crippen molar-refractivity contribution in [1.29, 1.82) is 0 Å². The quantitative estimate of drug-likeness (QED) is 0.801. The van der Waals surface area contributed by atoms with Crippen LogP contribution in [0, 0.1) is 0 Å². The topological polar surface area (TPSA) is 39.2 Å². The lowest BCUT2D eigenvalue weighted by Crippen LogP contribution is -2.07. The van der Waals surface area contributed by atoms with E-state index in [1.54, 1.807) is 12.1 Å². The number of carbonyl (C=O) groups excluding carboxylic acids is 1. The van der Waals surface area contributed by atoms with E-state index in [4.69, 9.17) is 16.3 Å². The molecule has 19 heavy (non-hydrogen) atoms. The van der Waals surface area contributed by atoms with Crippen LogP contribution in [0.5, 0.6) is 0 Å². The molecule has 1 heterocycles. The number of hydrogen-bond donors (Lipinski definition) is 0. The number of ether oxygens (including phenoxy) is 1. The van der Waals surface area contributed by atoms with Gasteiger partial charge >= 0.3 is 5.97 Å². The molecule has 0 bridgehead atoms. The van der Waals surface area contributed by atoms with E-state index in [1.165, 1.54) is 7.11 Å². The molecule has 0 spiro atoms. The number of methoxy groups -OCH3 is 1. The predicted octanol–water partition coefficient (Wildman–Crippen LogP) is 3.75. The van der Waals surface area contributed by atoms with Crippen molar-refractivity contribution < 1.29 is 9.53 Å². The number of pyridine rings is 1. The minimum Gasteiger partial charge on any atom is -0.465 e. The Bertz CT molecular complexity index is 611. The summed E-state index contributed by atoms with van der Waals surface area (Å²) in [6.07, 6.45) is 0.666. The molecule has 0 unspecified atom stereocenters. The molecule has 0 saturated heterocycles. The van der Waals surface area contributed by atoms with Gasteiger partial charge in [0.05, 0.1) is 24.1 Å². The molecule has 0 N–H and O–H groups in total. The molecule has 0 saturated carbocycles. The van der Waals surface area contributed by atoms with E-state index in [9.17, 15) is 4.79 Å². The molecule has 0 atom stereocenters. The first-order valence-corrected chi connectivity index (χ1v) is 6.37. The van der Waals surface area contributed by atoms with Gasteiger partial charge in [0.2, 0.25) is 0 Å². The van der Waals surface area contributed by atoms with E-state index < -0.39 is 0 Å². The maximum atomic E-state index is 11.6. The van der Waals surface area contributed by atoms with Crippen LogP contribution in [0.2, 0.25) is 5.02 Å². The van der Waals surface area contributed by atoms with E-state index in [1.807, 2.05) is 31.2 Å². The smallest absolute Gasteiger partial charge is 0.339 e. The monoisotopic (exact) mass is 275 g/mol. The number of esters is 1. The third-order valence-corrected chi connectivity index (χ3v) is 3.07. The summed E-state index contributed by atoms with van der Waals surface area (Å²) in [7, 11) is 1.37. The highest BCUT2D eigenvalue weighted by atomic mass is 35.5. The van der Waals surface area contributed by atoms with E-state index in [-0.39, 0.29) is 5.97 Å². The Kier molecular flexibility index (Phi) is 4.17. The van der Waals surface area contributed by atoms with E-state index >= 15 is 0 Å². The first-order chi connectivity index (χ1) is 9.15. The maximum absolute atomic E-state index is 11.6. The molecule has 0 fully saturated rings. The van der Waals surface area contributed by atoms with Crippen LogP contribution in [0.3, 0.4) is 0 Å². The summed E-state index contributed by atoms with van der Waals surface area (Å²) in [4.78, 5) is 16.1. The van der Waals surface area contributed by atoms with Crippen molar-refractivity contribution in [3.63, 3.8) is 0 Å². The summed E-state index contributed by atoms with van der Waals surface area (Å²) in [6, 6.07) is 11.0. The van der Waals surface area contributed by atoms with Gasteiger partial charge in [0.1, 0.15) is 0 Å². The Morgan fingerprint density at radius 1 is 1.32 bits per heavy atom. The van der Waals surface area contributed by atoms with Crippen LogP contribution in [0.15, 0.2) is 36.4 Å². The molecule has 0 aliphatic heterocycles. The second kappa shape index (κ2) is 5.85. The summed E-state index contributed by atoms with van der Waals surface area (Å²) in [5.41, 5.74) is 2.96. The fourth-order valence-corrected chi connectivity index (χ4v) is 2.07. The summed E-state index contributed by atoms with van der Waals surface area (Å²) in [5.74, 6) is -0.359. The van der Waals surface area contributed by atoms with E-state index in [0.717, 1.165) is 17.0 Å². The van der Waals surface area contributed by atoms with Gasteiger partial charge in [-0.05, 0) is 30.7 Å². The third kappa shape index (κ3) is 2.93. The summed E-state index contributed by atoms with van der Waals surface area (Å²) in [6.45, 7) is 1.95. The third-order valence-electron chi connectivity index (χ3n) is 2.83. The summed E-state index contributed by atoms with van der Waals surface area (Å²) >= 11 is 5.97. The highest BCUT2D eigenvalue weighted by Gasteiger charge is 2.13. The second-order valence-corrected chi connectivity index (χ2v) is 4.48. The first kappa shape index (κ1) is 13.6. The van der Waals surface area contributed by atoms with Crippen molar-refractivity contribution in [2.24, 2.45) is 0 Å². The van der Waals surface area contributed by atoms with Crippen LogP contribution in [-0.2, 0) is 11.2 Å². The fraction of sp³-hybridized carbons (Fsp3) is 0.200. The lowest BCUT2D eigenvalue weighted by atomic mass is 10.1. The molecule has 0 aliphatic rings. The average Bonchev–Trinajstić information content (AvgIpc) is 2.45. The largest absolute Gasteiger partial charge is 0.465 e. The van der Waals surface area contributed by atoms with E-state index in [2.05, 4.69) is 4.98 Å². The second-order valence-electron chi connectivity index (χ2n) is 4.05. The standard InChI is InChI=1S/C15H14ClNO2/c1-3-13-12(15(18)19-2)7-8-14(17-13)10-5-4-6-11(16)9-10/h4-9H,3H2,1-2H3. The number of benzene rings is 1. The average molecular weight is 276 g/mol. The molecule has 2 aromatic rings. The maximum Gasteiger partial charge on any atom is 0.339 e. The molecule has 0 amide bonds. The lowest BCUT2D eigenvalue weighted by Gasteiger charge is -2.08. The summed E-state index contributed by atoms with van der Waals surface area (Å²) in [5, 5.41) is 0.661. The van der Waals surface area contributed by atoms with Gasteiger partial charge in [-0.1, -0.05) is 30.7 Å². The van der Waals surface area contributed by atoms with Crippen LogP contribution >= 0.6 is 11.6 Å². The van der Waals surface area contributed by atoms with Crippen LogP contribution in [0.4, 0.5) is 0 Å². The Morgan fingerprint density at radius 2 is 2.11 bits per heavy atom. The zero-order valence-electron chi connectivity index (χ0n) is 10.8. The Labute approximate surface area is 117 Å². The van der Waals surface area contributed by atoms with Crippen molar-refractivity contribution in [1.82, 2.24) is 4.98 Å². The van der Waals surface area contributed by atoms with Crippen molar-refractivity contribution in [3.05, 3.63) is 52.7 Å². The van der Waals surface area contributed by atoms with Gasteiger partial charge in [-0.25, -0.2) is 4.79 Å². The van der Waals surface area contributed by atoms with Gasteiger partial charge in [0.25, 0.3) is 0 Å². The van der Waals surface area contributed by atoms with Crippen molar-refractivity contribution in [2.45, 2.75) is 13.3 Å². The van der Waals surface area contributed by atoms with Crippen molar-refractivity contribution >= 4 is 17.6 Å². The van der Waals surface area contributed by atoms with Gasteiger partial charge in [-0.15, -0.1) is 0 Å². The van der Waals surface area contributed by atoms with Gasteiger partial charge < -0.3 is 4.74 Å². The molecule has 0 aliphatic carbocycles. The Balaban J connectivity index is 2.47. The molecule has 1 aromatic carbocycles. The molecule has 0 radical (unpaired) electrons. The molecule has 3 nitrogen and oxygen atoms in total. The van der Waals surface area contributed by atoms with Crippen LogP contribution in [0.25, 0.3) is 11.3 Å². The number of aryl methyl sites for hydroxylation is 1. The molecular formula is C15H14ClNO2. The van der Waals surface area contributed by atoms with Gasteiger partial charge in [-0.3, -0.25) is 4.98 Å². The number of halogens is 1. The van der Waals surface area contributed by atoms with Crippen molar-refractivity contribution in [3.8, 4) is 11.3 Å². The highest BCUT2D eigenvalue weighted by Crippen LogP contribution is 2.22. The zero-order chi connectivity index (χ0) is 13.8. The first-order valence-electron chi connectivity index (χ1n) is 6.00. The lowest BCUT2D eigenvalue weighted by molar-refractivity contribution is 0.0599. The van der Waals surface area contributed by atoms with Gasteiger partial charge in [-0.2, -0.15) is 0 Å². The molecule has 4 heteroatoms. The normalized spacial score (nSPS) is 10.3. The van der Waals surface area contributed by atoms with Gasteiger partial charge in [0, 0.05) is 10.6 Å². The SMILES string of the molecule is CCc1nc(-c2cccc(Cl)c2)ccc1C(=O)OC. The van der Waals surface area contributed by atoms with Crippen molar-refractivity contribution in [2.75, 3.05) is 7.11 Å². The number of rotatable bonds is 3. The molecular weight excluding hydrogens is 262 g/mol. The Hall–Kier alpha value is -1.87. The van der Waals surface area contributed by atoms with Crippen LogP contribution in [0.1, 0.15) is 23.0 Å². The molecule has 98 valence electrons. The van der Waals surface area contributed by atoms with Gasteiger partial charge in [0.15, 0.2) is 0 Å². The van der Waals surface area contributed by atoms with E-state index in [0.29, 0.717) is 17.0 Å². The number of nitrogens with zero attached hydrogens (tertiary/aromatic N) is 1. The minimum absolute atomic E-state index is 0.359. The predicted molar refractivity (Wildman–Crippen MR) is 75.4 cm³/mol. The Morgan fingerprint density at radius 3 is 2.74 bits per heavy atom. The number of aromatic nitrogens is 1. The minimum atomic E-state index is -0.359. The van der Waals surface area contributed by atoms with Crippen LogP contribution < -0.4 is 0 Å². The van der Waals surface area contributed by atoms with Crippen LogP contribution in [-0.4, -0.2) is 18.1 Å². The molecule has 1 aromatic heterocycles. The number of carbonyl (C=O) groups is 1. The highest BCUT2D eigenvalue weighted by molar-refractivity contribution is 6.30. The summed E-state index contributed by atoms with van der Waals surface area (Å²) < 4.78 is 4.74. The zero-order valence-corrected chi connectivity index (χ0v) is 11.6. The fourth-order valence-electron chi connectivity index (χ4n) is 1.88.